The predicted molar refractivity (Wildman–Crippen MR) is 125 cm³/mol. The van der Waals surface area contributed by atoms with E-state index >= 15 is 0 Å². The number of fused-ring (bicyclic) bond motifs is 1. The van der Waals surface area contributed by atoms with Crippen molar-refractivity contribution >= 4 is 22.7 Å². The average Bonchev–Trinajstić information content (AvgIpc) is 2.88. The van der Waals surface area contributed by atoms with E-state index in [9.17, 15) is 9.59 Å². The number of rotatable bonds is 4. The van der Waals surface area contributed by atoms with E-state index in [1.54, 1.807) is 30.2 Å². The Bertz CT molecular complexity index is 1340. The monoisotopic (exact) mass is 442 g/mol. The van der Waals surface area contributed by atoms with Crippen LogP contribution in [0.15, 0.2) is 75.9 Å². The first kappa shape index (κ1) is 20.7. The molecule has 1 saturated heterocycles. The molecule has 0 atom stereocenters. The molecule has 0 aliphatic carbocycles. The third kappa shape index (κ3) is 4.15. The van der Waals surface area contributed by atoms with E-state index in [1.807, 2.05) is 48.5 Å². The SMILES string of the molecule is COc1ccc(-c2ccc(N3CCN(C(=O)c4cc5ccccc5oc4=O)CC3)nn2)cc1. The quantitative estimate of drug-likeness (QED) is 0.448. The van der Waals surface area contributed by atoms with Crippen LogP contribution in [0.3, 0.4) is 0 Å². The number of methoxy groups -OCH3 is 1. The summed E-state index contributed by atoms with van der Waals surface area (Å²) >= 11 is 0. The highest BCUT2D eigenvalue weighted by Crippen LogP contribution is 2.22. The summed E-state index contributed by atoms with van der Waals surface area (Å²) in [5.74, 6) is 1.23. The first-order valence-corrected chi connectivity index (χ1v) is 10.7. The van der Waals surface area contributed by atoms with Gasteiger partial charge in [-0.1, -0.05) is 18.2 Å². The zero-order chi connectivity index (χ0) is 22.8. The number of ether oxygens (including phenoxy) is 1. The Morgan fingerprint density at radius 3 is 2.39 bits per heavy atom. The molecule has 1 aliphatic rings. The predicted octanol–water partition coefficient (Wildman–Crippen LogP) is 3.22. The van der Waals surface area contributed by atoms with Gasteiger partial charge in [0.1, 0.15) is 16.9 Å². The highest BCUT2D eigenvalue weighted by Gasteiger charge is 2.25. The zero-order valence-corrected chi connectivity index (χ0v) is 18.1. The Morgan fingerprint density at radius 1 is 0.939 bits per heavy atom. The minimum absolute atomic E-state index is 0.0609. The van der Waals surface area contributed by atoms with E-state index in [2.05, 4.69) is 15.1 Å². The van der Waals surface area contributed by atoms with Crippen molar-refractivity contribution in [2.24, 2.45) is 0 Å². The molecular weight excluding hydrogens is 420 g/mol. The highest BCUT2D eigenvalue weighted by molar-refractivity contribution is 5.96. The van der Waals surface area contributed by atoms with Gasteiger partial charge in [-0.05, 0) is 48.5 Å². The van der Waals surface area contributed by atoms with Crippen LogP contribution in [0.4, 0.5) is 5.82 Å². The van der Waals surface area contributed by atoms with Crippen LogP contribution >= 0.6 is 0 Å². The van der Waals surface area contributed by atoms with Gasteiger partial charge in [-0.3, -0.25) is 4.79 Å². The summed E-state index contributed by atoms with van der Waals surface area (Å²) in [4.78, 5) is 29.1. The fraction of sp³-hybridized carbons (Fsp3) is 0.200. The molecule has 2 aromatic carbocycles. The standard InChI is InChI=1S/C25H22N4O4/c1-32-19-8-6-17(7-9-19)21-10-11-23(27-26-21)28-12-14-29(15-13-28)24(30)20-16-18-4-2-3-5-22(18)33-25(20)31/h2-11,16H,12-15H2,1H3. The Morgan fingerprint density at radius 2 is 1.70 bits per heavy atom. The van der Waals surface area contributed by atoms with Crippen LogP contribution in [0, 0.1) is 0 Å². The Labute approximate surface area is 190 Å². The lowest BCUT2D eigenvalue weighted by Crippen LogP contribution is -2.49. The molecule has 4 aromatic rings. The summed E-state index contributed by atoms with van der Waals surface area (Å²) in [7, 11) is 1.63. The lowest BCUT2D eigenvalue weighted by Gasteiger charge is -2.35. The number of amides is 1. The molecule has 3 heterocycles. The number of para-hydroxylation sites is 1. The fourth-order valence-corrected chi connectivity index (χ4v) is 3.93. The smallest absolute Gasteiger partial charge is 0.349 e. The number of carbonyl (C=O) groups is 1. The van der Waals surface area contributed by atoms with Gasteiger partial charge in [-0.2, -0.15) is 0 Å². The molecule has 0 bridgehead atoms. The molecule has 0 spiro atoms. The molecule has 1 aliphatic heterocycles. The van der Waals surface area contributed by atoms with Crippen LogP contribution < -0.4 is 15.3 Å². The van der Waals surface area contributed by atoms with E-state index in [4.69, 9.17) is 9.15 Å². The molecular formula is C25H22N4O4. The first-order valence-electron chi connectivity index (χ1n) is 10.7. The Kier molecular flexibility index (Phi) is 5.48. The van der Waals surface area contributed by atoms with Crippen molar-refractivity contribution in [1.29, 1.82) is 0 Å². The topological polar surface area (TPSA) is 88.8 Å². The molecule has 8 nitrogen and oxygen atoms in total. The third-order valence-electron chi connectivity index (χ3n) is 5.80. The molecule has 8 heteroatoms. The number of piperazine rings is 1. The van der Waals surface area contributed by atoms with Gasteiger partial charge < -0.3 is 19.0 Å². The molecule has 0 radical (unpaired) electrons. The number of benzene rings is 2. The van der Waals surface area contributed by atoms with Crippen LogP contribution in [0.1, 0.15) is 10.4 Å². The fourth-order valence-electron chi connectivity index (χ4n) is 3.93. The number of carbonyl (C=O) groups excluding carboxylic acids is 1. The van der Waals surface area contributed by atoms with E-state index in [1.165, 1.54) is 0 Å². The maximum Gasteiger partial charge on any atom is 0.349 e. The van der Waals surface area contributed by atoms with E-state index in [-0.39, 0.29) is 11.5 Å². The maximum absolute atomic E-state index is 13.0. The summed E-state index contributed by atoms with van der Waals surface area (Å²) in [5.41, 5.74) is 1.66. The van der Waals surface area contributed by atoms with Crippen molar-refractivity contribution in [2.45, 2.75) is 0 Å². The molecule has 0 unspecified atom stereocenters. The second kappa shape index (κ2) is 8.74. The summed E-state index contributed by atoms with van der Waals surface area (Å²) in [6, 6.07) is 20.3. The van der Waals surface area contributed by atoms with Gasteiger partial charge in [0.2, 0.25) is 0 Å². The van der Waals surface area contributed by atoms with E-state index in [0.717, 1.165) is 28.2 Å². The largest absolute Gasteiger partial charge is 0.497 e. The normalized spacial score (nSPS) is 13.8. The Balaban J connectivity index is 1.25. The van der Waals surface area contributed by atoms with Crippen molar-refractivity contribution in [3.05, 3.63) is 82.7 Å². The molecule has 2 aromatic heterocycles. The summed E-state index contributed by atoms with van der Waals surface area (Å²) < 4.78 is 10.5. The summed E-state index contributed by atoms with van der Waals surface area (Å²) in [6.07, 6.45) is 0. The van der Waals surface area contributed by atoms with Crippen LogP contribution in [-0.4, -0.2) is 54.3 Å². The van der Waals surface area contributed by atoms with Crippen LogP contribution in [-0.2, 0) is 0 Å². The van der Waals surface area contributed by atoms with Crippen LogP contribution in [0.2, 0.25) is 0 Å². The number of hydrogen-bond donors (Lipinski definition) is 0. The molecule has 5 rings (SSSR count). The summed E-state index contributed by atoms with van der Waals surface area (Å²) in [6.45, 7) is 2.16. The second-order valence-electron chi connectivity index (χ2n) is 7.77. The number of hydrogen-bond acceptors (Lipinski definition) is 7. The van der Waals surface area contributed by atoms with Gasteiger partial charge in [0.25, 0.3) is 5.91 Å². The molecule has 0 N–H and O–H groups in total. The van der Waals surface area contributed by atoms with Crippen LogP contribution in [0.5, 0.6) is 5.75 Å². The second-order valence-corrected chi connectivity index (χ2v) is 7.77. The number of nitrogens with zero attached hydrogens (tertiary/aromatic N) is 4. The minimum Gasteiger partial charge on any atom is -0.497 e. The van der Waals surface area contributed by atoms with Crippen molar-refractivity contribution < 1.29 is 13.9 Å². The summed E-state index contributed by atoms with van der Waals surface area (Å²) in [5, 5.41) is 9.46. The van der Waals surface area contributed by atoms with Crippen molar-refractivity contribution in [1.82, 2.24) is 15.1 Å². The number of aromatic nitrogens is 2. The lowest BCUT2D eigenvalue weighted by atomic mass is 10.1. The van der Waals surface area contributed by atoms with Gasteiger partial charge in [0.15, 0.2) is 5.82 Å². The van der Waals surface area contributed by atoms with E-state index in [0.29, 0.717) is 31.8 Å². The van der Waals surface area contributed by atoms with Gasteiger partial charge in [0, 0.05) is 37.1 Å². The van der Waals surface area contributed by atoms with Gasteiger partial charge in [0.05, 0.1) is 12.8 Å². The average molecular weight is 442 g/mol. The minimum atomic E-state index is -0.610. The highest BCUT2D eigenvalue weighted by atomic mass is 16.5. The number of anilines is 1. The molecule has 1 amide bonds. The van der Waals surface area contributed by atoms with Crippen molar-refractivity contribution in [3.8, 4) is 17.0 Å². The lowest BCUT2D eigenvalue weighted by molar-refractivity contribution is 0.0742. The molecule has 0 saturated carbocycles. The molecule has 166 valence electrons. The van der Waals surface area contributed by atoms with Crippen molar-refractivity contribution in [2.75, 3.05) is 38.2 Å². The first-order chi connectivity index (χ1) is 16.1. The van der Waals surface area contributed by atoms with Crippen LogP contribution in [0.25, 0.3) is 22.2 Å². The third-order valence-corrected chi connectivity index (χ3v) is 5.80. The van der Waals surface area contributed by atoms with Gasteiger partial charge in [-0.25, -0.2) is 4.79 Å². The molecule has 33 heavy (non-hydrogen) atoms. The van der Waals surface area contributed by atoms with Crippen molar-refractivity contribution in [3.63, 3.8) is 0 Å². The Hall–Kier alpha value is -4.20. The van der Waals surface area contributed by atoms with Gasteiger partial charge in [-0.15, -0.1) is 10.2 Å². The van der Waals surface area contributed by atoms with Gasteiger partial charge >= 0.3 is 5.63 Å². The zero-order valence-electron chi connectivity index (χ0n) is 18.1. The maximum atomic E-state index is 13.0. The van der Waals surface area contributed by atoms with E-state index < -0.39 is 5.63 Å². The molecule has 1 fully saturated rings.